The van der Waals surface area contributed by atoms with Crippen LogP contribution in [0.5, 0.6) is 5.75 Å². The molecule has 2 saturated heterocycles. The second-order valence-electron chi connectivity index (χ2n) is 11.6. The number of nitrogens with one attached hydrogen (secondary N) is 3. The first-order chi connectivity index (χ1) is 22.2. The van der Waals surface area contributed by atoms with Gasteiger partial charge in [0.05, 0.1) is 24.8 Å². The van der Waals surface area contributed by atoms with Crippen LogP contribution in [0.4, 0.5) is 24.5 Å². The second-order valence-corrected chi connectivity index (χ2v) is 11.6. The van der Waals surface area contributed by atoms with E-state index in [0.717, 1.165) is 63.5 Å². The Morgan fingerprint density at radius 2 is 1.80 bits per heavy atom. The minimum Gasteiger partial charge on any atom is -0.494 e. The molecular weight excluding hydrogens is 597 g/mol. The summed E-state index contributed by atoms with van der Waals surface area (Å²) in [6, 6.07) is 7.46. The topological polar surface area (TPSA) is 106 Å². The lowest BCUT2D eigenvalue weighted by atomic mass is 10.0. The Kier molecular flexibility index (Phi) is 10.6. The van der Waals surface area contributed by atoms with Gasteiger partial charge in [0.1, 0.15) is 5.75 Å². The van der Waals surface area contributed by atoms with Crippen molar-refractivity contribution >= 4 is 35.8 Å². The molecule has 3 aliphatic rings. The molecule has 246 valence electrons. The van der Waals surface area contributed by atoms with E-state index in [0.29, 0.717) is 41.7 Å². The average Bonchev–Trinajstić information content (AvgIpc) is 3.79. The highest BCUT2D eigenvalue weighted by atomic mass is 19.3. The number of anilines is 2. The molecule has 0 aliphatic carbocycles. The van der Waals surface area contributed by atoms with Crippen LogP contribution in [0.15, 0.2) is 56.8 Å². The first kappa shape index (κ1) is 33.0. The normalized spacial score (nSPS) is 18.2. The summed E-state index contributed by atoms with van der Waals surface area (Å²) in [5, 5.41) is 8.99. The highest BCUT2D eigenvalue weighted by Crippen LogP contribution is 2.39. The van der Waals surface area contributed by atoms with Crippen LogP contribution < -0.4 is 20.7 Å². The number of rotatable bonds is 11. The van der Waals surface area contributed by atoms with Crippen molar-refractivity contribution in [2.45, 2.75) is 51.5 Å². The van der Waals surface area contributed by atoms with Gasteiger partial charge in [-0.15, -0.1) is 0 Å². The number of carbonyl (C=O) groups excluding carboxylic acids is 1. The number of ether oxygens (including phenoxy) is 1. The second kappa shape index (κ2) is 14.8. The highest BCUT2D eigenvalue weighted by molar-refractivity contribution is 6.06. The molecular formula is C33H41F3N8O2. The van der Waals surface area contributed by atoms with Gasteiger partial charge >= 0.3 is 5.92 Å². The zero-order valence-electron chi connectivity index (χ0n) is 26.5. The number of hydrogen-bond donors (Lipinski definition) is 3. The molecule has 0 atom stereocenters. The van der Waals surface area contributed by atoms with Gasteiger partial charge < -0.3 is 25.6 Å². The lowest BCUT2D eigenvalue weighted by Crippen LogP contribution is -2.28. The van der Waals surface area contributed by atoms with Crippen molar-refractivity contribution in [3.8, 4) is 5.75 Å². The molecule has 0 saturated carbocycles. The van der Waals surface area contributed by atoms with Gasteiger partial charge in [-0.2, -0.15) is 8.78 Å². The van der Waals surface area contributed by atoms with Gasteiger partial charge in [0.15, 0.2) is 12.5 Å². The van der Waals surface area contributed by atoms with Crippen molar-refractivity contribution in [2.75, 3.05) is 57.6 Å². The van der Waals surface area contributed by atoms with E-state index in [2.05, 4.69) is 35.7 Å². The molecule has 2 aromatic rings. The maximum atomic E-state index is 14.6. The van der Waals surface area contributed by atoms with E-state index in [4.69, 9.17) is 9.73 Å². The number of benzene rings is 2. The predicted molar refractivity (Wildman–Crippen MR) is 176 cm³/mol. The van der Waals surface area contributed by atoms with Crippen LogP contribution in [0.25, 0.3) is 0 Å². The van der Waals surface area contributed by atoms with Gasteiger partial charge in [0.2, 0.25) is 5.96 Å². The standard InChI is InChI=1S/C33H41F3N8O2/c1-22-8-9-23(17-27(22)40-30(39-21-37-2)26-10-11-38-32(42-26)44-14-6-7-15-44)31(45)41-28-18-25(33(35,36)20-34)16-24(29(28)46-3)19-43-12-4-5-13-43/h8-9,11,16-18,21,40H,4-7,10,12-15,19-20H2,1-3H3,(H,37,39)(H,41,45)/b30-26-. The van der Waals surface area contributed by atoms with Crippen molar-refractivity contribution < 1.29 is 22.7 Å². The Hall–Kier alpha value is -4.39. The molecule has 0 radical (unpaired) electrons. The Morgan fingerprint density at radius 3 is 2.50 bits per heavy atom. The number of alkyl halides is 3. The minimum absolute atomic E-state index is 0.0501. The number of halogens is 3. The first-order valence-electron chi connectivity index (χ1n) is 15.6. The van der Waals surface area contributed by atoms with E-state index in [1.165, 1.54) is 13.2 Å². The molecule has 0 bridgehead atoms. The largest absolute Gasteiger partial charge is 0.494 e. The van der Waals surface area contributed by atoms with Crippen LogP contribution in [-0.4, -0.2) is 81.2 Å². The molecule has 0 spiro atoms. The van der Waals surface area contributed by atoms with Crippen LogP contribution >= 0.6 is 0 Å². The smallest absolute Gasteiger partial charge is 0.301 e. The summed E-state index contributed by atoms with van der Waals surface area (Å²) >= 11 is 0. The summed E-state index contributed by atoms with van der Waals surface area (Å²) in [6.45, 7) is 3.84. The van der Waals surface area contributed by atoms with Crippen molar-refractivity contribution in [1.29, 1.82) is 0 Å². The maximum Gasteiger partial charge on any atom is 0.301 e. The van der Waals surface area contributed by atoms with Gasteiger partial charge in [-0.05, 0) is 75.5 Å². The third kappa shape index (κ3) is 7.69. The zero-order chi connectivity index (χ0) is 32.7. The number of methoxy groups -OCH3 is 1. The molecule has 10 nitrogen and oxygen atoms in total. The van der Waals surface area contributed by atoms with Crippen LogP contribution in [0.2, 0.25) is 0 Å². The third-order valence-electron chi connectivity index (χ3n) is 8.27. The summed E-state index contributed by atoms with van der Waals surface area (Å²) in [5.41, 5.74) is 2.41. The summed E-state index contributed by atoms with van der Waals surface area (Å²) in [7, 11) is 3.17. The molecule has 5 rings (SSSR count). The Balaban J connectivity index is 1.45. The van der Waals surface area contributed by atoms with Crippen LogP contribution in [-0.2, 0) is 12.5 Å². The number of amides is 1. The number of hydrogen-bond acceptors (Lipinski definition) is 8. The zero-order valence-corrected chi connectivity index (χ0v) is 26.5. The van der Waals surface area contributed by atoms with Gasteiger partial charge in [-0.25, -0.2) is 19.4 Å². The van der Waals surface area contributed by atoms with E-state index in [1.54, 1.807) is 31.6 Å². The fourth-order valence-electron chi connectivity index (χ4n) is 5.77. The number of likely N-dealkylation sites (tertiary alicyclic amines) is 2. The van der Waals surface area contributed by atoms with Crippen molar-refractivity contribution in [1.82, 2.24) is 15.1 Å². The number of allylic oxidation sites excluding steroid dienone is 1. The van der Waals surface area contributed by atoms with E-state index in [-0.39, 0.29) is 17.0 Å². The van der Waals surface area contributed by atoms with Gasteiger partial charge in [-0.1, -0.05) is 6.07 Å². The predicted octanol–water partition coefficient (Wildman–Crippen LogP) is 5.67. The van der Waals surface area contributed by atoms with E-state index >= 15 is 0 Å². The molecule has 0 aromatic heterocycles. The molecule has 0 unspecified atom stereocenters. The van der Waals surface area contributed by atoms with Crippen molar-refractivity contribution in [2.24, 2.45) is 15.0 Å². The van der Waals surface area contributed by atoms with Crippen LogP contribution in [0.3, 0.4) is 0 Å². The Bertz CT molecular complexity index is 1540. The molecule has 2 fully saturated rings. The maximum absolute atomic E-state index is 14.6. The summed E-state index contributed by atoms with van der Waals surface area (Å²) < 4.78 is 48.3. The lowest BCUT2D eigenvalue weighted by Gasteiger charge is -2.23. The van der Waals surface area contributed by atoms with Gasteiger partial charge in [0.25, 0.3) is 5.91 Å². The Labute approximate surface area is 267 Å². The van der Waals surface area contributed by atoms with Crippen LogP contribution in [0, 0.1) is 6.92 Å². The Morgan fingerprint density at radius 1 is 1.07 bits per heavy atom. The molecule has 13 heteroatoms. The fraction of sp³-hybridized carbons (Fsp3) is 0.455. The molecule has 3 aliphatic heterocycles. The molecule has 3 heterocycles. The van der Waals surface area contributed by atoms with Crippen molar-refractivity contribution in [3.05, 3.63) is 64.1 Å². The fourth-order valence-corrected chi connectivity index (χ4v) is 5.77. The number of carbonyl (C=O) groups is 1. The van der Waals surface area contributed by atoms with Crippen molar-refractivity contribution in [3.63, 3.8) is 0 Å². The highest BCUT2D eigenvalue weighted by Gasteiger charge is 2.34. The molecule has 46 heavy (non-hydrogen) atoms. The van der Waals surface area contributed by atoms with Gasteiger partial charge in [-0.3, -0.25) is 9.69 Å². The molecule has 2 aromatic carbocycles. The quantitative estimate of drug-likeness (QED) is 0.217. The molecule has 3 N–H and O–H groups in total. The minimum atomic E-state index is -3.72. The monoisotopic (exact) mass is 638 g/mol. The van der Waals surface area contributed by atoms with E-state index < -0.39 is 24.1 Å². The summed E-state index contributed by atoms with van der Waals surface area (Å²) in [4.78, 5) is 31.7. The third-order valence-corrected chi connectivity index (χ3v) is 8.27. The van der Waals surface area contributed by atoms with E-state index in [9.17, 15) is 18.0 Å². The number of aryl methyl sites for hydroxylation is 1. The summed E-state index contributed by atoms with van der Waals surface area (Å²) in [5.74, 6) is -2.84. The number of aliphatic imine (C=N–C) groups is 3. The van der Waals surface area contributed by atoms with E-state index in [1.807, 2.05) is 13.1 Å². The first-order valence-corrected chi connectivity index (χ1v) is 15.6. The van der Waals surface area contributed by atoms with Gasteiger partial charge in [0, 0.05) is 61.7 Å². The summed E-state index contributed by atoms with van der Waals surface area (Å²) in [6.07, 6.45) is 8.04. The van der Waals surface area contributed by atoms with Crippen LogP contribution in [0.1, 0.15) is 59.2 Å². The number of guanidine groups is 1. The lowest BCUT2D eigenvalue weighted by molar-refractivity contribution is -0.0281. The average molecular weight is 639 g/mol. The SMILES string of the molecule is CN/C=N\C(Nc1cc(C(=O)Nc2cc(C(F)(F)CF)cc(CN3CCCC3)c2OC)ccc1C)=C1/CC=NC(N2CCCC2)=N1. The molecule has 1 amide bonds. The number of nitrogens with zero attached hydrogens (tertiary/aromatic N) is 5.